The van der Waals surface area contributed by atoms with E-state index in [1.54, 1.807) is 79.7 Å². The number of benzene rings is 3. The van der Waals surface area contributed by atoms with Crippen LogP contribution < -0.4 is 50.0 Å². The fraction of sp³-hybridized carbons (Fsp3) is 0.522. The topological polar surface area (TPSA) is 271 Å². The third-order valence-corrected chi connectivity index (χ3v) is 19.3. The number of alkyl carbamates (subject to hydrolysis) is 2. The van der Waals surface area contributed by atoms with E-state index in [4.69, 9.17) is 37.9 Å². The van der Waals surface area contributed by atoms with Gasteiger partial charge in [-0.1, -0.05) is 89.1 Å². The van der Waals surface area contributed by atoms with Crippen molar-refractivity contribution in [1.82, 2.24) is 25.8 Å². The number of hydrogen-bond donors (Lipinski definition) is 4. The average molecular weight is 1320 g/mol. The molecule has 7 rings (SSSR count). The van der Waals surface area contributed by atoms with Crippen LogP contribution in [0, 0.1) is 5.92 Å². The van der Waals surface area contributed by atoms with Gasteiger partial charge in [-0.25, -0.2) is 9.59 Å². The molecule has 3 aromatic rings. The van der Waals surface area contributed by atoms with Gasteiger partial charge < -0.3 is 69.0 Å². The molecule has 26 heteroatoms. The quantitative estimate of drug-likeness (QED) is 0.0246. The summed E-state index contributed by atoms with van der Waals surface area (Å²) in [4.78, 5) is 114. The van der Waals surface area contributed by atoms with Crippen LogP contribution in [0.3, 0.4) is 0 Å². The molecule has 0 fully saturated rings. The van der Waals surface area contributed by atoms with E-state index in [1.807, 2.05) is 13.8 Å². The normalized spacial score (nSPS) is 16.8. The molecule has 24 nitrogen and oxygen atoms in total. The maximum Gasteiger partial charge on any atom is 0.408 e. The molecule has 93 heavy (non-hydrogen) atoms. The van der Waals surface area contributed by atoms with Crippen molar-refractivity contribution in [2.75, 3.05) is 81.9 Å². The number of rotatable bonds is 34. The number of fused-ring (bicyclic) bond motifs is 4. The second-order valence-electron chi connectivity index (χ2n) is 26.5. The summed E-state index contributed by atoms with van der Waals surface area (Å²) in [6.45, 7) is 27.3. The van der Waals surface area contributed by atoms with E-state index >= 15 is 0 Å². The zero-order valence-corrected chi connectivity index (χ0v) is 58.0. The summed E-state index contributed by atoms with van der Waals surface area (Å²) < 4.78 is 47.6. The van der Waals surface area contributed by atoms with Gasteiger partial charge in [0.05, 0.1) is 49.4 Å². The molecule has 4 aliphatic heterocycles. The largest absolute Gasteiger partial charge is 0.493 e. The molecule has 0 saturated carbocycles. The molecular weight excluding hydrogens is 1230 g/mol. The number of ether oxygens (including phenoxy) is 8. The Morgan fingerprint density at radius 2 is 1.12 bits per heavy atom. The first-order valence-corrected chi connectivity index (χ1v) is 39.3. The van der Waals surface area contributed by atoms with Gasteiger partial charge in [-0.3, -0.25) is 38.6 Å². The van der Waals surface area contributed by atoms with E-state index < -0.39 is 64.3 Å². The van der Waals surface area contributed by atoms with Gasteiger partial charge in [-0.05, 0) is 107 Å². The van der Waals surface area contributed by atoms with Crippen molar-refractivity contribution in [3.63, 3.8) is 0 Å². The van der Waals surface area contributed by atoms with E-state index in [0.717, 1.165) is 23.2 Å². The Labute approximate surface area is 548 Å². The third kappa shape index (κ3) is 20.2. The van der Waals surface area contributed by atoms with Crippen LogP contribution >= 0.6 is 0 Å². The maximum atomic E-state index is 14.5. The Morgan fingerprint density at radius 1 is 0.624 bits per heavy atom. The Kier molecular flexibility index (Phi) is 25.7. The maximum absolute atomic E-state index is 14.5. The number of anilines is 3. The van der Waals surface area contributed by atoms with Crippen LogP contribution in [0.2, 0.25) is 51.4 Å². The van der Waals surface area contributed by atoms with Gasteiger partial charge in [-0.2, -0.15) is 0 Å². The predicted octanol–water partition coefficient (Wildman–Crippen LogP) is 9.95. The second-order valence-corrected chi connectivity index (χ2v) is 37.8. The number of carbonyl (C=O) groups excluding carboxylic acids is 8. The highest BCUT2D eigenvalue weighted by molar-refractivity contribution is 6.76. The average Bonchev–Trinajstić information content (AvgIpc) is 1.64. The summed E-state index contributed by atoms with van der Waals surface area (Å²) in [7, 11) is -1.40. The molecule has 4 aliphatic rings. The first-order chi connectivity index (χ1) is 44.2. The number of nitrogens with one attached hydrogen (secondary N) is 4. The van der Waals surface area contributed by atoms with Crippen molar-refractivity contribution in [1.29, 1.82) is 0 Å². The lowest BCUT2D eigenvalue weighted by atomic mass is 10.0. The smallest absolute Gasteiger partial charge is 0.408 e. The molecular formula is C67H94N8O16Si2. The van der Waals surface area contributed by atoms with Crippen LogP contribution in [0.5, 0.6) is 23.0 Å². The first-order valence-electron chi connectivity index (χ1n) is 31.9. The zero-order chi connectivity index (χ0) is 67.7. The van der Waals surface area contributed by atoms with Crippen LogP contribution in [-0.4, -0.2) is 165 Å². The molecule has 0 radical (unpaired) electrons. The third-order valence-electron chi connectivity index (χ3n) is 15.9. The minimum Gasteiger partial charge on any atom is -0.493 e. The summed E-state index contributed by atoms with van der Waals surface area (Å²) in [5.74, 6) is -1.24. The van der Waals surface area contributed by atoms with E-state index in [1.165, 1.54) is 34.8 Å². The second kappa shape index (κ2) is 33.1. The molecule has 8 amide bonds. The molecule has 0 spiro atoms. The zero-order valence-electron chi connectivity index (χ0n) is 56.0. The lowest BCUT2D eigenvalue weighted by molar-refractivity contribution is -0.128. The van der Waals surface area contributed by atoms with Crippen LogP contribution in [0.15, 0.2) is 84.7 Å². The van der Waals surface area contributed by atoms with Gasteiger partial charge in [0.1, 0.15) is 50.8 Å². The van der Waals surface area contributed by atoms with Crippen molar-refractivity contribution in [2.45, 2.75) is 155 Å². The lowest BCUT2D eigenvalue weighted by Crippen LogP contribution is -2.53. The van der Waals surface area contributed by atoms with Gasteiger partial charge in [0.15, 0.2) is 23.0 Å². The highest BCUT2D eigenvalue weighted by Gasteiger charge is 2.44. The van der Waals surface area contributed by atoms with Crippen molar-refractivity contribution in [2.24, 2.45) is 5.92 Å². The molecule has 0 bridgehead atoms. The number of hydrogen-bond acceptors (Lipinski definition) is 16. The standard InChI is InChI=1S/C67H94N8O16Si2/c1-14-24-90-67(83)71-59(43(2)3)61(77)69-46(6)60(76)70-48-21-19-47(20-22-48)40-91-66(82)68-23-18-27-89-56-35-50-52(75(42-86-29-31-93(11,12)13)65(81)54-33-45(5)39-73(54)63(50)79)37-58(56)88-26-17-15-16-25-87-57-36-51-49(34-55(57)84-7)62(78)72-38-44(4)32-53(72)64(80)74(51)41-85-28-30-92(8,9)10/h14,19-22,34-39,43,46,53-54,59H,1,15-18,23-33,40-42H2,2-13H3,(H,68,82)(H,69,77)(H,70,76)(H,71,83)/t46-,53-,54-,59-/m0/s1. The van der Waals surface area contributed by atoms with Crippen molar-refractivity contribution in [3.05, 3.63) is 101 Å². The summed E-state index contributed by atoms with van der Waals surface area (Å²) in [5.41, 5.74) is 4.18. The molecule has 4 N–H and O–H groups in total. The van der Waals surface area contributed by atoms with E-state index in [-0.39, 0.29) is 93.9 Å². The highest BCUT2D eigenvalue weighted by atomic mass is 28.3. The molecule has 4 atom stereocenters. The van der Waals surface area contributed by atoms with Crippen molar-refractivity contribution >= 4 is 80.8 Å². The van der Waals surface area contributed by atoms with Crippen LogP contribution in [0.4, 0.5) is 26.7 Å². The molecule has 506 valence electrons. The van der Waals surface area contributed by atoms with E-state index in [9.17, 15) is 38.4 Å². The molecule has 4 heterocycles. The Hall–Kier alpha value is -8.21. The number of nitrogens with zero attached hydrogens (tertiary/aromatic N) is 4. The van der Waals surface area contributed by atoms with Crippen LogP contribution in [0.25, 0.3) is 0 Å². The number of unbranched alkanes of at least 4 members (excludes halogenated alkanes) is 2. The van der Waals surface area contributed by atoms with Gasteiger partial charge in [0, 0.05) is 66.1 Å². The highest BCUT2D eigenvalue weighted by Crippen LogP contribution is 2.43. The number of amides is 8. The molecule has 0 aliphatic carbocycles. The summed E-state index contributed by atoms with van der Waals surface area (Å²) in [6, 6.07) is 11.7. The monoisotopic (exact) mass is 1320 g/mol. The van der Waals surface area contributed by atoms with Crippen LogP contribution in [0.1, 0.15) is 99.4 Å². The first kappa shape index (κ1) is 72.2. The van der Waals surface area contributed by atoms with E-state index in [2.05, 4.69) is 67.1 Å². The molecule has 0 unspecified atom stereocenters. The summed E-state index contributed by atoms with van der Waals surface area (Å²) in [6.07, 6.45) is 6.37. The van der Waals surface area contributed by atoms with Gasteiger partial charge in [-0.15, -0.1) is 0 Å². The van der Waals surface area contributed by atoms with E-state index in [0.29, 0.717) is 97.2 Å². The lowest BCUT2D eigenvalue weighted by Gasteiger charge is -2.27. The molecule has 0 aromatic heterocycles. The van der Waals surface area contributed by atoms with Crippen molar-refractivity contribution in [3.8, 4) is 23.0 Å². The minimum absolute atomic E-state index is 0.0177. The molecule has 0 saturated heterocycles. The van der Waals surface area contributed by atoms with Gasteiger partial charge >= 0.3 is 12.2 Å². The van der Waals surface area contributed by atoms with Gasteiger partial charge in [0.25, 0.3) is 23.6 Å². The van der Waals surface area contributed by atoms with Gasteiger partial charge in [0.2, 0.25) is 11.8 Å². The number of methoxy groups -OCH3 is 1. The SMILES string of the molecule is C=CCOC(=O)N[C@H](C(=O)N[C@@H](C)C(=O)Nc1ccc(COC(=O)NCCCOc2cc3c(cc2OCCCCCOc2cc4c(cc2OC)C(=O)N2C=C(C)C[C@H]2C(=O)N4COCC[Si](C)(C)C)N(COCC[Si](C)(C)C)C(=O)[C@@H]2CC(C)=CN2C3=O)cc1)C(C)C. The Balaban J connectivity index is 0.964. The van der Waals surface area contributed by atoms with Crippen molar-refractivity contribution < 1.29 is 76.3 Å². The Bertz CT molecular complexity index is 3270. The molecule has 3 aromatic carbocycles. The number of carbonyl (C=O) groups is 8. The summed E-state index contributed by atoms with van der Waals surface area (Å²) in [5, 5.41) is 10.6. The summed E-state index contributed by atoms with van der Waals surface area (Å²) >= 11 is 0. The fourth-order valence-corrected chi connectivity index (χ4v) is 12.0. The van der Waals surface area contributed by atoms with Crippen LogP contribution in [-0.2, 0) is 44.7 Å². The predicted molar refractivity (Wildman–Crippen MR) is 358 cm³/mol. The Morgan fingerprint density at radius 3 is 1.61 bits per heavy atom. The fourth-order valence-electron chi connectivity index (χ4n) is 10.5. The minimum atomic E-state index is -1.48.